The number of rotatable bonds is 6. The third-order valence-corrected chi connectivity index (χ3v) is 4.52. The Kier molecular flexibility index (Phi) is 4.71. The van der Waals surface area contributed by atoms with Gasteiger partial charge in [-0.2, -0.15) is 5.10 Å². The minimum absolute atomic E-state index is 0.0948. The molecule has 21 heavy (non-hydrogen) atoms. The summed E-state index contributed by atoms with van der Waals surface area (Å²) in [6, 6.07) is 8.61. The molecule has 2 rings (SSSR count). The molecule has 0 spiro atoms. The van der Waals surface area contributed by atoms with Gasteiger partial charge < -0.3 is 5.73 Å². The van der Waals surface area contributed by atoms with Gasteiger partial charge in [0.05, 0.1) is 18.0 Å². The van der Waals surface area contributed by atoms with Crippen LogP contribution in [-0.2, 0) is 29.4 Å². The zero-order chi connectivity index (χ0) is 15.5. The average molecular weight is 324 g/mol. The maximum absolute atomic E-state index is 12.0. The highest BCUT2D eigenvalue weighted by atomic mass is 32.2. The highest BCUT2D eigenvalue weighted by Crippen LogP contribution is 2.08. The highest BCUT2D eigenvalue weighted by molar-refractivity contribution is 7.88. The Labute approximate surface area is 129 Å². The topological polar surface area (TPSA) is 90.0 Å². The third kappa shape index (κ3) is 4.35. The van der Waals surface area contributed by atoms with Gasteiger partial charge in [0, 0.05) is 18.8 Å². The lowest BCUT2D eigenvalue weighted by Gasteiger charge is -2.07. The van der Waals surface area contributed by atoms with Crippen molar-refractivity contribution in [2.45, 2.75) is 12.3 Å². The first-order valence-corrected chi connectivity index (χ1v) is 8.26. The highest BCUT2D eigenvalue weighted by Gasteiger charge is 2.12. The van der Waals surface area contributed by atoms with Gasteiger partial charge in [-0.05, 0) is 11.6 Å². The normalized spacial score (nSPS) is 11.5. The molecule has 0 bridgehead atoms. The molecule has 0 saturated carbocycles. The molecule has 3 N–H and O–H groups in total. The number of benzene rings is 1. The lowest BCUT2D eigenvalue weighted by Crippen LogP contribution is -2.25. The number of nitrogens with two attached hydrogens (primary N) is 1. The summed E-state index contributed by atoms with van der Waals surface area (Å²) in [5, 5.41) is 3.99. The van der Waals surface area contributed by atoms with Crippen molar-refractivity contribution in [3.8, 4) is 0 Å². The van der Waals surface area contributed by atoms with Gasteiger partial charge in [-0.3, -0.25) is 4.68 Å². The Morgan fingerprint density at radius 2 is 2.00 bits per heavy atom. The van der Waals surface area contributed by atoms with Crippen molar-refractivity contribution >= 4 is 27.2 Å². The Bertz CT molecular complexity index is 736. The van der Waals surface area contributed by atoms with E-state index in [0.29, 0.717) is 16.1 Å². The van der Waals surface area contributed by atoms with Gasteiger partial charge in [0.25, 0.3) is 0 Å². The molecule has 112 valence electrons. The van der Waals surface area contributed by atoms with Crippen LogP contribution in [0.4, 0.5) is 0 Å². The van der Waals surface area contributed by atoms with Gasteiger partial charge in [-0.15, -0.1) is 0 Å². The van der Waals surface area contributed by atoms with Crippen molar-refractivity contribution in [1.82, 2.24) is 14.5 Å². The molecule has 1 aromatic carbocycles. The molecule has 0 saturated heterocycles. The van der Waals surface area contributed by atoms with Gasteiger partial charge in [0.1, 0.15) is 4.99 Å². The van der Waals surface area contributed by atoms with Crippen molar-refractivity contribution < 1.29 is 8.42 Å². The molecule has 0 fully saturated rings. The van der Waals surface area contributed by atoms with Crippen LogP contribution in [0.5, 0.6) is 0 Å². The minimum Gasteiger partial charge on any atom is -0.389 e. The summed E-state index contributed by atoms with van der Waals surface area (Å²) >= 11 is 4.85. The van der Waals surface area contributed by atoms with E-state index < -0.39 is 10.0 Å². The van der Waals surface area contributed by atoms with E-state index in [1.165, 1.54) is 0 Å². The number of hydrogen-bond acceptors (Lipinski definition) is 4. The summed E-state index contributed by atoms with van der Waals surface area (Å²) in [4.78, 5) is 0.290. The smallest absolute Gasteiger partial charge is 0.216 e. The van der Waals surface area contributed by atoms with Crippen molar-refractivity contribution in [2.75, 3.05) is 0 Å². The molecule has 0 aliphatic heterocycles. The summed E-state index contributed by atoms with van der Waals surface area (Å²) in [5.41, 5.74) is 7.68. The van der Waals surface area contributed by atoms with E-state index in [9.17, 15) is 8.42 Å². The number of sulfonamides is 1. The molecular formula is C13H16N4O2S2. The van der Waals surface area contributed by atoms with Crippen LogP contribution in [0, 0.1) is 0 Å². The second kappa shape index (κ2) is 6.33. The monoisotopic (exact) mass is 324 g/mol. The van der Waals surface area contributed by atoms with Crippen molar-refractivity contribution in [1.29, 1.82) is 0 Å². The van der Waals surface area contributed by atoms with Crippen LogP contribution in [0.15, 0.2) is 36.5 Å². The second-order valence-electron chi connectivity index (χ2n) is 4.59. The fourth-order valence-electron chi connectivity index (χ4n) is 1.79. The lowest BCUT2D eigenvalue weighted by atomic mass is 10.1. The van der Waals surface area contributed by atoms with Crippen molar-refractivity contribution in [3.05, 3.63) is 53.3 Å². The first-order valence-electron chi connectivity index (χ1n) is 6.20. The van der Waals surface area contributed by atoms with Gasteiger partial charge >= 0.3 is 0 Å². The van der Waals surface area contributed by atoms with E-state index in [0.717, 1.165) is 5.69 Å². The minimum atomic E-state index is -3.42. The van der Waals surface area contributed by atoms with E-state index >= 15 is 0 Å². The van der Waals surface area contributed by atoms with Crippen molar-refractivity contribution in [3.63, 3.8) is 0 Å². The third-order valence-electron chi connectivity index (χ3n) is 2.99. The zero-order valence-electron chi connectivity index (χ0n) is 11.5. The van der Waals surface area contributed by atoms with Crippen LogP contribution in [-0.4, -0.2) is 23.2 Å². The summed E-state index contributed by atoms with van der Waals surface area (Å²) in [5.74, 6) is -0.0948. The molecule has 6 nitrogen and oxygen atoms in total. The van der Waals surface area contributed by atoms with Crippen LogP contribution in [0.2, 0.25) is 0 Å². The van der Waals surface area contributed by atoms with Gasteiger partial charge in [0.15, 0.2) is 0 Å². The number of thiocarbonyl (C=S) groups is 1. The van der Waals surface area contributed by atoms with E-state index in [1.807, 2.05) is 0 Å². The zero-order valence-corrected chi connectivity index (χ0v) is 13.1. The molecule has 0 unspecified atom stereocenters. The van der Waals surface area contributed by atoms with Crippen LogP contribution in [0.3, 0.4) is 0 Å². The predicted molar refractivity (Wildman–Crippen MR) is 85.0 cm³/mol. The van der Waals surface area contributed by atoms with Crippen LogP contribution in [0.25, 0.3) is 0 Å². The van der Waals surface area contributed by atoms with E-state index in [4.69, 9.17) is 18.0 Å². The maximum atomic E-state index is 12.0. The van der Waals surface area contributed by atoms with Crippen LogP contribution < -0.4 is 10.5 Å². The Hall–Kier alpha value is -1.77. The summed E-state index contributed by atoms with van der Waals surface area (Å²) in [6.45, 7) is 0.212. The fourth-order valence-corrected chi connectivity index (χ4v) is 3.03. The first kappa shape index (κ1) is 15.6. The first-order chi connectivity index (χ1) is 9.87. The SMILES string of the molecule is Cn1nccc1CNS(=O)(=O)Cc1ccc(C(N)=S)cc1. The van der Waals surface area contributed by atoms with Gasteiger partial charge in [-0.25, -0.2) is 13.1 Å². The summed E-state index contributed by atoms with van der Waals surface area (Å²) in [6.07, 6.45) is 1.62. The van der Waals surface area contributed by atoms with Crippen LogP contribution >= 0.6 is 12.2 Å². The van der Waals surface area contributed by atoms with Crippen molar-refractivity contribution in [2.24, 2.45) is 12.8 Å². The number of aryl methyl sites for hydroxylation is 1. The van der Waals surface area contributed by atoms with Gasteiger partial charge in [0.2, 0.25) is 10.0 Å². The molecule has 2 aromatic rings. The van der Waals surface area contributed by atoms with Crippen LogP contribution in [0.1, 0.15) is 16.8 Å². The average Bonchev–Trinajstić information content (AvgIpc) is 2.82. The molecule has 1 aromatic heterocycles. The fraction of sp³-hybridized carbons (Fsp3) is 0.231. The van der Waals surface area contributed by atoms with Gasteiger partial charge in [-0.1, -0.05) is 36.5 Å². The number of hydrogen-bond donors (Lipinski definition) is 2. The van der Waals surface area contributed by atoms with E-state index in [2.05, 4.69) is 9.82 Å². The Balaban J connectivity index is 2.00. The molecule has 0 aliphatic carbocycles. The summed E-state index contributed by atoms with van der Waals surface area (Å²) < 4.78 is 28.2. The van der Waals surface area contributed by atoms with E-state index in [1.54, 1.807) is 48.3 Å². The second-order valence-corrected chi connectivity index (χ2v) is 6.83. The predicted octanol–water partition coefficient (Wildman–Crippen LogP) is 0.674. The Morgan fingerprint density at radius 3 is 2.52 bits per heavy atom. The molecule has 0 amide bonds. The molecule has 0 radical (unpaired) electrons. The summed E-state index contributed by atoms with van der Waals surface area (Å²) in [7, 11) is -1.65. The maximum Gasteiger partial charge on any atom is 0.216 e. The van der Waals surface area contributed by atoms with E-state index in [-0.39, 0.29) is 12.3 Å². The molecule has 0 atom stereocenters. The molecular weight excluding hydrogens is 308 g/mol. The molecule has 1 heterocycles. The molecule has 0 aliphatic rings. The molecule has 8 heteroatoms. The number of aromatic nitrogens is 2. The Morgan fingerprint density at radius 1 is 1.33 bits per heavy atom. The largest absolute Gasteiger partial charge is 0.389 e. The quantitative estimate of drug-likeness (QED) is 0.763. The number of nitrogens with zero attached hydrogens (tertiary/aromatic N) is 2. The standard InChI is InChI=1S/C13H16N4O2S2/c1-17-12(6-7-15-17)8-16-21(18,19)9-10-2-4-11(5-3-10)13(14)20/h2-7,16H,8-9H2,1H3,(H2,14,20). The number of nitrogens with one attached hydrogen (secondary N) is 1. The lowest BCUT2D eigenvalue weighted by molar-refractivity contribution is 0.576.